The zero-order valence-electron chi connectivity index (χ0n) is 18.8. The molecule has 0 spiro atoms. The van der Waals surface area contributed by atoms with Crippen LogP contribution in [0.5, 0.6) is 11.5 Å². The van der Waals surface area contributed by atoms with Crippen LogP contribution in [0.15, 0.2) is 77.7 Å². The molecule has 1 amide bonds. The van der Waals surface area contributed by atoms with Crippen LogP contribution in [0.1, 0.15) is 13.3 Å². The molecule has 1 atom stereocenters. The molecule has 172 valence electrons. The Morgan fingerprint density at radius 2 is 1.64 bits per heavy atom. The summed E-state index contributed by atoms with van der Waals surface area (Å²) in [4.78, 5) is 13.8. The summed E-state index contributed by atoms with van der Waals surface area (Å²) >= 11 is 6.97. The van der Waals surface area contributed by atoms with Crippen molar-refractivity contribution in [3.05, 3.63) is 72.8 Å². The van der Waals surface area contributed by atoms with E-state index in [4.69, 9.17) is 21.7 Å². The quantitative estimate of drug-likeness (QED) is 0.255. The topological polar surface area (TPSA) is 71.6 Å². The van der Waals surface area contributed by atoms with Gasteiger partial charge >= 0.3 is 0 Å². The van der Waals surface area contributed by atoms with Crippen LogP contribution in [0.4, 0.5) is 17.1 Å². The SMILES string of the molecule is CCC(Sc1cccc(NC(=S)Nc2ccccc2OC)c1)C(=O)Nc1cccc(OC)c1. The van der Waals surface area contributed by atoms with Gasteiger partial charge in [-0.15, -0.1) is 11.8 Å². The van der Waals surface area contributed by atoms with Gasteiger partial charge in [-0.1, -0.05) is 31.2 Å². The van der Waals surface area contributed by atoms with Crippen LogP contribution >= 0.6 is 24.0 Å². The van der Waals surface area contributed by atoms with Gasteiger partial charge in [0.1, 0.15) is 11.5 Å². The fraction of sp³-hybridized carbons (Fsp3) is 0.200. The van der Waals surface area contributed by atoms with Crippen molar-refractivity contribution in [3.8, 4) is 11.5 Å². The maximum Gasteiger partial charge on any atom is 0.237 e. The molecule has 0 aliphatic carbocycles. The fourth-order valence-electron chi connectivity index (χ4n) is 3.09. The lowest BCUT2D eigenvalue weighted by Gasteiger charge is -2.16. The van der Waals surface area contributed by atoms with Crippen molar-refractivity contribution < 1.29 is 14.3 Å². The van der Waals surface area contributed by atoms with Gasteiger partial charge < -0.3 is 25.4 Å². The number of methoxy groups -OCH3 is 2. The predicted octanol–water partition coefficient (Wildman–Crippen LogP) is 6.02. The van der Waals surface area contributed by atoms with Crippen molar-refractivity contribution >= 4 is 52.1 Å². The van der Waals surface area contributed by atoms with Gasteiger partial charge in [0.2, 0.25) is 5.91 Å². The van der Waals surface area contributed by atoms with Crippen LogP contribution < -0.4 is 25.4 Å². The first-order valence-electron chi connectivity index (χ1n) is 10.4. The first-order valence-corrected chi connectivity index (χ1v) is 11.7. The molecule has 3 N–H and O–H groups in total. The maximum atomic E-state index is 12.8. The molecule has 3 aromatic rings. The number of carbonyl (C=O) groups is 1. The van der Waals surface area contributed by atoms with Crippen molar-refractivity contribution in [2.75, 3.05) is 30.2 Å². The minimum absolute atomic E-state index is 0.0533. The van der Waals surface area contributed by atoms with E-state index in [1.165, 1.54) is 11.8 Å². The predicted molar refractivity (Wildman–Crippen MR) is 141 cm³/mol. The van der Waals surface area contributed by atoms with Gasteiger partial charge in [0, 0.05) is 22.3 Å². The highest BCUT2D eigenvalue weighted by atomic mass is 32.2. The standard InChI is InChI=1S/C25H27N3O3S2/c1-4-23(24(29)26-17-9-7-11-19(15-17)30-2)33-20-12-8-10-18(16-20)27-25(32)28-21-13-5-6-14-22(21)31-3/h5-16,23H,4H2,1-3H3,(H,26,29)(H2,27,28,32). The highest BCUT2D eigenvalue weighted by Gasteiger charge is 2.18. The number of benzene rings is 3. The number of hydrogen-bond acceptors (Lipinski definition) is 5. The molecule has 3 rings (SSSR count). The average molecular weight is 482 g/mol. The van der Waals surface area contributed by atoms with E-state index in [-0.39, 0.29) is 11.2 Å². The second-order valence-corrected chi connectivity index (χ2v) is 8.73. The molecule has 0 fully saturated rings. The van der Waals surface area contributed by atoms with E-state index in [0.29, 0.717) is 28.7 Å². The number of ether oxygens (including phenoxy) is 2. The third kappa shape index (κ3) is 7.13. The largest absolute Gasteiger partial charge is 0.497 e. The van der Waals surface area contributed by atoms with Gasteiger partial charge in [-0.3, -0.25) is 4.79 Å². The van der Waals surface area contributed by atoms with Crippen LogP contribution in [-0.2, 0) is 4.79 Å². The molecule has 3 aromatic carbocycles. The molecule has 0 heterocycles. The molecule has 0 aromatic heterocycles. The summed E-state index contributed by atoms with van der Waals surface area (Å²) < 4.78 is 10.6. The van der Waals surface area contributed by atoms with Crippen molar-refractivity contribution in [2.45, 2.75) is 23.5 Å². The average Bonchev–Trinajstić information content (AvgIpc) is 2.83. The lowest BCUT2D eigenvalue weighted by molar-refractivity contribution is -0.115. The summed E-state index contributed by atoms with van der Waals surface area (Å²) in [5.74, 6) is 1.35. The van der Waals surface area contributed by atoms with E-state index in [1.54, 1.807) is 20.3 Å². The van der Waals surface area contributed by atoms with Gasteiger partial charge in [-0.25, -0.2) is 0 Å². The summed E-state index contributed by atoms with van der Waals surface area (Å²) in [5.41, 5.74) is 2.32. The van der Waals surface area contributed by atoms with Gasteiger partial charge in [-0.05, 0) is 61.1 Å². The normalized spacial score (nSPS) is 11.2. The van der Waals surface area contributed by atoms with Gasteiger partial charge in [0.25, 0.3) is 0 Å². The van der Waals surface area contributed by atoms with Crippen molar-refractivity contribution in [1.29, 1.82) is 0 Å². The molecular weight excluding hydrogens is 454 g/mol. The van der Waals surface area contributed by atoms with Gasteiger partial charge in [-0.2, -0.15) is 0 Å². The number of thiocarbonyl (C=S) groups is 1. The summed E-state index contributed by atoms with van der Waals surface area (Å²) in [6.07, 6.45) is 0.686. The highest BCUT2D eigenvalue weighted by Crippen LogP contribution is 2.29. The van der Waals surface area contributed by atoms with E-state index >= 15 is 0 Å². The molecule has 0 aliphatic rings. The van der Waals surface area contributed by atoms with Gasteiger partial charge in [0.05, 0.1) is 25.2 Å². The Morgan fingerprint density at radius 1 is 0.909 bits per heavy atom. The van der Waals surface area contributed by atoms with E-state index in [0.717, 1.165) is 16.3 Å². The number of rotatable bonds is 9. The summed E-state index contributed by atoms with van der Waals surface area (Å²) in [5, 5.41) is 9.52. The van der Waals surface area contributed by atoms with Crippen molar-refractivity contribution in [1.82, 2.24) is 0 Å². The number of nitrogens with one attached hydrogen (secondary N) is 3. The minimum Gasteiger partial charge on any atom is -0.497 e. The van der Waals surface area contributed by atoms with Crippen molar-refractivity contribution in [2.24, 2.45) is 0 Å². The van der Waals surface area contributed by atoms with Crippen LogP contribution in [0.3, 0.4) is 0 Å². The number of carbonyl (C=O) groups excluding carboxylic acids is 1. The Balaban J connectivity index is 1.62. The highest BCUT2D eigenvalue weighted by molar-refractivity contribution is 8.00. The molecule has 33 heavy (non-hydrogen) atoms. The molecule has 0 saturated carbocycles. The fourth-order valence-corrected chi connectivity index (χ4v) is 4.33. The second-order valence-electron chi connectivity index (χ2n) is 7.04. The molecule has 0 aliphatic heterocycles. The van der Waals surface area contributed by atoms with Gasteiger partial charge in [0.15, 0.2) is 5.11 Å². The van der Waals surface area contributed by atoms with E-state index in [9.17, 15) is 4.79 Å². The summed E-state index contributed by atoms with van der Waals surface area (Å²) in [6.45, 7) is 2.00. The maximum absolute atomic E-state index is 12.8. The zero-order chi connectivity index (χ0) is 23.6. The van der Waals surface area contributed by atoms with Crippen LogP contribution in [-0.4, -0.2) is 30.5 Å². The third-order valence-corrected chi connectivity index (χ3v) is 6.29. The third-order valence-electron chi connectivity index (χ3n) is 4.73. The van der Waals surface area contributed by atoms with Crippen molar-refractivity contribution in [3.63, 3.8) is 0 Å². The van der Waals surface area contributed by atoms with E-state index in [2.05, 4.69) is 16.0 Å². The zero-order valence-corrected chi connectivity index (χ0v) is 20.4. The first kappa shape index (κ1) is 24.4. The molecule has 1 unspecified atom stereocenters. The molecule has 8 heteroatoms. The number of thioether (sulfide) groups is 1. The van der Waals surface area contributed by atoms with E-state index in [1.807, 2.05) is 73.7 Å². The summed E-state index contributed by atoms with van der Waals surface area (Å²) in [6, 6.07) is 22.7. The number of anilines is 3. The lowest BCUT2D eigenvalue weighted by Crippen LogP contribution is -2.24. The van der Waals surface area contributed by atoms with Crippen LogP contribution in [0.2, 0.25) is 0 Å². The Bertz CT molecular complexity index is 1110. The van der Waals surface area contributed by atoms with E-state index < -0.39 is 0 Å². The molecule has 6 nitrogen and oxygen atoms in total. The Labute approximate surface area is 204 Å². The lowest BCUT2D eigenvalue weighted by atomic mass is 10.2. The molecule has 0 saturated heterocycles. The second kappa shape index (κ2) is 12.1. The Kier molecular flexibility index (Phi) is 8.97. The van der Waals surface area contributed by atoms with Crippen LogP contribution in [0.25, 0.3) is 0 Å². The first-order chi connectivity index (χ1) is 16.0. The number of hydrogen-bond donors (Lipinski definition) is 3. The summed E-state index contributed by atoms with van der Waals surface area (Å²) in [7, 11) is 3.22. The molecule has 0 radical (unpaired) electrons. The number of amides is 1. The number of para-hydroxylation sites is 2. The Morgan fingerprint density at radius 3 is 2.36 bits per heavy atom. The molecular formula is C25H27N3O3S2. The van der Waals surface area contributed by atoms with Crippen LogP contribution in [0, 0.1) is 0 Å². The monoisotopic (exact) mass is 481 g/mol. The minimum atomic E-state index is -0.245. The Hall–Kier alpha value is -3.23. The molecule has 0 bridgehead atoms. The smallest absolute Gasteiger partial charge is 0.237 e.